The lowest BCUT2D eigenvalue weighted by Crippen LogP contribution is -2.25. The van der Waals surface area contributed by atoms with Crippen LogP contribution in [-0.2, 0) is 11.3 Å². The van der Waals surface area contributed by atoms with Crippen molar-refractivity contribution in [2.75, 3.05) is 32.7 Å². The topological polar surface area (TPSA) is 72.5 Å². The van der Waals surface area contributed by atoms with E-state index in [0.29, 0.717) is 31.1 Å². The summed E-state index contributed by atoms with van der Waals surface area (Å²) < 4.78 is 10.3. The average molecular weight is 329 g/mol. The number of carbonyl (C=O) groups excluding carboxylic acids is 1. The highest BCUT2D eigenvalue weighted by Crippen LogP contribution is 2.18. The van der Waals surface area contributed by atoms with Crippen molar-refractivity contribution in [3.05, 3.63) is 53.7 Å². The number of hydrogen-bond acceptors (Lipinski definition) is 5. The van der Waals surface area contributed by atoms with E-state index in [1.54, 1.807) is 32.5 Å². The van der Waals surface area contributed by atoms with Crippen molar-refractivity contribution < 1.29 is 14.3 Å². The van der Waals surface area contributed by atoms with Crippen LogP contribution in [-0.4, -0.2) is 38.3 Å². The maximum absolute atomic E-state index is 12.0. The quantitative estimate of drug-likeness (QED) is 0.692. The SMILES string of the molecule is COCCCNC(=O)c1ccc(NCc2ccccc2OC)nc1. The normalized spacial score (nSPS) is 10.2. The molecule has 2 aromatic rings. The van der Waals surface area contributed by atoms with E-state index in [4.69, 9.17) is 9.47 Å². The second-order valence-electron chi connectivity index (χ2n) is 5.20. The third-order valence-electron chi connectivity index (χ3n) is 3.49. The Balaban J connectivity index is 1.86. The van der Waals surface area contributed by atoms with Crippen LogP contribution in [0.4, 0.5) is 5.82 Å². The van der Waals surface area contributed by atoms with Crippen molar-refractivity contribution >= 4 is 11.7 Å². The Morgan fingerprint density at radius 2 is 2.00 bits per heavy atom. The van der Waals surface area contributed by atoms with Crippen LogP contribution in [0.25, 0.3) is 0 Å². The summed E-state index contributed by atoms with van der Waals surface area (Å²) in [5.41, 5.74) is 1.58. The van der Waals surface area contributed by atoms with Crippen LogP contribution < -0.4 is 15.4 Å². The van der Waals surface area contributed by atoms with Gasteiger partial charge in [0.25, 0.3) is 5.91 Å². The van der Waals surface area contributed by atoms with E-state index < -0.39 is 0 Å². The van der Waals surface area contributed by atoms with Crippen molar-refractivity contribution in [3.8, 4) is 5.75 Å². The van der Waals surface area contributed by atoms with E-state index >= 15 is 0 Å². The first-order chi connectivity index (χ1) is 11.7. The molecule has 0 atom stereocenters. The van der Waals surface area contributed by atoms with Gasteiger partial charge in [-0.3, -0.25) is 4.79 Å². The molecule has 24 heavy (non-hydrogen) atoms. The predicted octanol–water partition coefficient (Wildman–Crippen LogP) is 2.47. The third-order valence-corrected chi connectivity index (χ3v) is 3.49. The van der Waals surface area contributed by atoms with E-state index in [1.165, 1.54) is 0 Å². The molecule has 0 aliphatic carbocycles. The molecule has 6 heteroatoms. The minimum atomic E-state index is -0.130. The zero-order valence-electron chi connectivity index (χ0n) is 14.0. The molecule has 1 aromatic heterocycles. The molecule has 0 aliphatic rings. The Morgan fingerprint density at radius 1 is 1.17 bits per heavy atom. The summed E-state index contributed by atoms with van der Waals surface area (Å²) in [5, 5.41) is 6.05. The van der Waals surface area contributed by atoms with Crippen molar-refractivity contribution in [3.63, 3.8) is 0 Å². The van der Waals surface area contributed by atoms with E-state index in [0.717, 1.165) is 17.7 Å². The summed E-state index contributed by atoms with van der Waals surface area (Å²) >= 11 is 0. The standard InChI is InChI=1S/C18H23N3O3/c1-23-11-5-10-19-18(22)15-8-9-17(21-13-15)20-12-14-6-3-4-7-16(14)24-2/h3-4,6-9,13H,5,10-12H2,1-2H3,(H,19,22)(H,20,21). The summed E-state index contributed by atoms with van der Waals surface area (Å²) in [7, 11) is 3.29. The maximum Gasteiger partial charge on any atom is 0.252 e. The lowest BCUT2D eigenvalue weighted by Gasteiger charge is -2.10. The van der Waals surface area contributed by atoms with Crippen LogP contribution in [0.15, 0.2) is 42.6 Å². The van der Waals surface area contributed by atoms with Gasteiger partial charge in [0, 0.05) is 38.6 Å². The Bertz CT molecular complexity index is 644. The first-order valence-electron chi connectivity index (χ1n) is 7.83. The summed E-state index contributed by atoms with van der Waals surface area (Å²) in [6, 6.07) is 11.3. The molecule has 0 bridgehead atoms. The Hall–Kier alpha value is -2.60. The molecule has 0 saturated heterocycles. The molecule has 1 aromatic carbocycles. The Labute approximate surface area is 142 Å². The molecule has 1 heterocycles. The fraction of sp³-hybridized carbons (Fsp3) is 0.333. The lowest BCUT2D eigenvalue weighted by atomic mass is 10.2. The van der Waals surface area contributed by atoms with Crippen molar-refractivity contribution in [1.82, 2.24) is 10.3 Å². The molecule has 0 radical (unpaired) electrons. The first-order valence-corrected chi connectivity index (χ1v) is 7.83. The highest BCUT2D eigenvalue weighted by molar-refractivity contribution is 5.94. The van der Waals surface area contributed by atoms with Gasteiger partial charge in [-0.15, -0.1) is 0 Å². The maximum atomic E-state index is 12.0. The van der Waals surface area contributed by atoms with Gasteiger partial charge < -0.3 is 20.1 Å². The van der Waals surface area contributed by atoms with Gasteiger partial charge >= 0.3 is 0 Å². The van der Waals surface area contributed by atoms with Crippen molar-refractivity contribution in [2.24, 2.45) is 0 Å². The smallest absolute Gasteiger partial charge is 0.252 e. The zero-order valence-corrected chi connectivity index (χ0v) is 14.0. The van der Waals surface area contributed by atoms with E-state index in [9.17, 15) is 4.79 Å². The first kappa shape index (κ1) is 17.7. The van der Waals surface area contributed by atoms with Gasteiger partial charge in [0.2, 0.25) is 0 Å². The number of anilines is 1. The van der Waals surface area contributed by atoms with Gasteiger partial charge in [-0.25, -0.2) is 4.98 Å². The van der Waals surface area contributed by atoms with Crippen LogP contribution in [0.2, 0.25) is 0 Å². The van der Waals surface area contributed by atoms with Gasteiger partial charge in [-0.05, 0) is 24.6 Å². The van der Waals surface area contributed by atoms with Crippen molar-refractivity contribution in [1.29, 1.82) is 0 Å². The molecular formula is C18H23N3O3. The molecule has 128 valence electrons. The van der Waals surface area contributed by atoms with Crippen LogP contribution in [0.3, 0.4) is 0 Å². The second-order valence-corrected chi connectivity index (χ2v) is 5.20. The van der Waals surface area contributed by atoms with Gasteiger partial charge in [-0.2, -0.15) is 0 Å². The minimum Gasteiger partial charge on any atom is -0.496 e. The number of para-hydroxylation sites is 1. The van der Waals surface area contributed by atoms with Crippen LogP contribution in [0, 0.1) is 0 Å². The average Bonchev–Trinajstić information content (AvgIpc) is 2.64. The number of nitrogens with one attached hydrogen (secondary N) is 2. The van der Waals surface area contributed by atoms with Crippen LogP contribution in [0.5, 0.6) is 5.75 Å². The van der Waals surface area contributed by atoms with E-state index in [2.05, 4.69) is 15.6 Å². The molecule has 2 N–H and O–H groups in total. The zero-order chi connectivity index (χ0) is 17.2. The van der Waals surface area contributed by atoms with Crippen LogP contribution in [0.1, 0.15) is 22.3 Å². The molecule has 6 nitrogen and oxygen atoms in total. The van der Waals surface area contributed by atoms with Gasteiger partial charge in [-0.1, -0.05) is 18.2 Å². The lowest BCUT2D eigenvalue weighted by molar-refractivity contribution is 0.0948. The number of hydrogen-bond donors (Lipinski definition) is 2. The summed E-state index contributed by atoms with van der Waals surface area (Å²) in [6.45, 7) is 1.81. The Morgan fingerprint density at radius 3 is 2.71 bits per heavy atom. The minimum absolute atomic E-state index is 0.130. The fourth-order valence-corrected chi connectivity index (χ4v) is 2.19. The molecule has 1 amide bonds. The number of nitrogens with zero attached hydrogens (tertiary/aromatic N) is 1. The van der Waals surface area contributed by atoms with E-state index in [1.807, 2.05) is 24.3 Å². The number of carbonyl (C=O) groups is 1. The Kier molecular flexibility index (Phi) is 7.04. The molecule has 0 unspecified atom stereocenters. The molecule has 2 rings (SSSR count). The highest BCUT2D eigenvalue weighted by atomic mass is 16.5. The molecule has 0 fully saturated rings. The molecule has 0 saturated carbocycles. The van der Waals surface area contributed by atoms with Gasteiger partial charge in [0.05, 0.1) is 12.7 Å². The summed E-state index contributed by atoms with van der Waals surface area (Å²) in [6.07, 6.45) is 2.35. The monoisotopic (exact) mass is 329 g/mol. The molecule has 0 aliphatic heterocycles. The van der Waals surface area contributed by atoms with Crippen LogP contribution >= 0.6 is 0 Å². The number of pyridine rings is 1. The van der Waals surface area contributed by atoms with E-state index in [-0.39, 0.29) is 5.91 Å². The third kappa shape index (κ3) is 5.24. The van der Waals surface area contributed by atoms with Gasteiger partial charge in [0.15, 0.2) is 0 Å². The number of ether oxygens (including phenoxy) is 2. The largest absolute Gasteiger partial charge is 0.496 e. The number of aromatic nitrogens is 1. The molecule has 0 spiro atoms. The molecular weight excluding hydrogens is 306 g/mol. The summed E-state index contributed by atoms with van der Waals surface area (Å²) in [5.74, 6) is 1.41. The second kappa shape index (κ2) is 9.52. The summed E-state index contributed by atoms with van der Waals surface area (Å²) in [4.78, 5) is 16.2. The van der Waals surface area contributed by atoms with Gasteiger partial charge in [0.1, 0.15) is 11.6 Å². The number of amides is 1. The fourth-order valence-electron chi connectivity index (χ4n) is 2.19. The van der Waals surface area contributed by atoms with Crippen molar-refractivity contribution in [2.45, 2.75) is 13.0 Å². The number of methoxy groups -OCH3 is 2. The number of rotatable bonds is 9. The predicted molar refractivity (Wildman–Crippen MR) is 93.4 cm³/mol. The highest BCUT2D eigenvalue weighted by Gasteiger charge is 2.06. The number of benzene rings is 1.